The van der Waals surface area contributed by atoms with Crippen molar-refractivity contribution in [3.05, 3.63) is 23.8 Å². The number of methoxy groups -OCH3 is 2. The molecule has 1 aromatic carbocycles. The third kappa shape index (κ3) is 2.65. The predicted octanol–water partition coefficient (Wildman–Crippen LogP) is 1.86. The number of benzene rings is 1. The Morgan fingerprint density at radius 3 is 2.31 bits per heavy atom. The van der Waals surface area contributed by atoms with Crippen molar-refractivity contribution in [2.24, 2.45) is 11.8 Å². The van der Waals surface area contributed by atoms with Crippen molar-refractivity contribution < 1.29 is 9.47 Å². The first kappa shape index (κ1) is 12.8. The largest absolute Gasteiger partial charge is 0.497 e. The molecule has 3 N–H and O–H groups in total. The summed E-state index contributed by atoms with van der Waals surface area (Å²) in [4.78, 5) is 0. The topological polar surface area (TPSA) is 56.5 Å². The molecule has 0 bridgehead atoms. The molecule has 4 nitrogen and oxygen atoms in total. The Kier molecular flexibility index (Phi) is 4.58. The summed E-state index contributed by atoms with van der Waals surface area (Å²) in [6.07, 6.45) is 0. The van der Waals surface area contributed by atoms with Gasteiger partial charge in [0.2, 0.25) is 0 Å². The monoisotopic (exact) mass is 224 g/mol. The quantitative estimate of drug-likeness (QED) is 0.592. The smallest absolute Gasteiger partial charge is 0.127 e. The number of rotatable bonds is 5. The van der Waals surface area contributed by atoms with Gasteiger partial charge in [-0.05, 0) is 12.0 Å². The molecule has 0 fully saturated rings. The molecular weight excluding hydrogens is 204 g/mol. The summed E-state index contributed by atoms with van der Waals surface area (Å²) in [5, 5.41) is 0. The molecule has 1 rings (SSSR count). The maximum absolute atomic E-state index is 5.56. The first-order chi connectivity index (χ1) is 7.63. The molecule has 0 aliphatic heterocycles. The number of nitrogens with two attached hydrogens (primary N) is 1. The lowest BCUT2D eigenvalue weighted by Gasteiger charge is -2.22. The molecule has 0 heterocycles. The summed E-state index contributed by atoms with van der Waals surface area (Å²) < 4.78 is 10.5. The van der Waals surface area contributed by atoms with Crippen molar-refractivity contribution in [2.45, 2.75) is 19.9 Å². The minimum atomic E-state index is 0.0702. The molecule has 16 heavy (non-hydrogen) atoms. The molecule has 0 amide bonds. The van der Waals surface area contributed by atoms with Crippen LogP contribution in [0.2, 0.25) is 0 Å². The fourth-order valence-electron chi connectivity index (χ4n) is 1.72. The molecule has 0 aromatic heterocycles. The van der Waals surface area contributed by atoms with E-state index in [4.69, 9.17) is 15.3 Å². The molecule has 0 saturated heterocycles. The van der Waals surface area contributed by atoms with Gasteiger partial charge in [0.05, 0.1) is 20.3 Å². The van der Waals surface area contributed by atoms with E-state index in [1.807, 2.05) is 18.2 Å². The van der Waals surface area contributed by atoms with Crippen LogP contribution in [0.4, 0.5) is 0 Å². The van der Waals surface area contributed by atoms with Crippen LogP contribution in [-0.2, 0) is 0 Å². The maximum Gasteiger partial charge on any atom is 0.127 e. The average molecular weight is 224 g/mol. The molecule has 0 aliphatic carbocycles. The molecule has 1 unspecified atom stereocenters. The second-order valence-electron chi connectivity index (χ2n) is 4.00. The predicted molar refractivity (Wildman–Crippen MR) is 64.4 cm³/mol. The Balaban J connectivity index is 3.11. The molecule has 90 valence electrons. The van der Waals surface area contributed by atoms with Gasteiger partial charge in [-0.1, -0.05) is 19.9 Å². The summed E-state index contributed by atoms with van der Waals surface area (Å²) in [5.41, 5.74) is 3.85. The van der Waals surface area contributed by atoms with E-state index in [9.17, 15) is 0 Å². The molecule has 0 aliphatic rings. The highest BCUT2D eigenvalue weighted by molar-refractivity contribution is 5.42. The van der Waals surface area contributed by atoms with E-state index in [-0.39, 0.29) is 6.04 Å². The van der Waals surface area contributed by atoms with Gasteiger partial charge in [-0.3, -0.25) is 11.3 Å². The van der Waals surface area contributed by atoms with E-state index in [1.165, 1.54) is 0 Å². The van der Waals surface area contributed by atoms with Crippen LogP contribution in [0.3, 0.4) is 0 Å². The number of hydrogen-bond donors (Lipinski definition) is 2. The Morgan fingerprint density at radius 2 is 1.88 bits per heavy atom. The van der Waals surface area contributed by atoms with E-state index >= 15 is 0 Å². The van der Waals surface area contributed by atoms with E-state index in [0.717, 1.165) is 17.1 Å². The van der Waals surface area contributed by atoms with Crippen molar-refractivity contribution in [1.82, 2.24) is 5.43 Å². The fourth-order valence-corrected chi connectivity index (χ4v) is 1.72. The number of hydrazine groups is 1. The average Bonchev–Trinajstić information content (AvgIpc) is 2.29. The normalized spacial score (nSPS) is 12.6. The van der Waals surface area contributed by atoms with Gasteiger partial charge in [0.15, 0.2) is 0 Å². The first-order valence-corrected chi connectivity index (χ1v) is 5.32. The highest BCUT2D eigenvalue weighted by Crippen LogP contribution is 2.32. The second kappa shape index (κ2) is 5.72. The van der Waals surface area contributed by atoms with Crippen molar-refractivity contribution in [1.29, 1.82) is 0 Å². The number of nitrogens with one attached hydrogen (secondary N) is 1. The second-order valence-corrected chi connectivity index (χ2v) is 4.00. The van der Waals surface area contributed by atoms with Crippen LogP contribution in [0.25, 0.3) is 0 Å². The van der Waals surface area contributed by atoms with E-state index in [2.05, 4.69) is 19.3 Å². The van der Waals surface area contributed by atoms with Crippen LogP contribution in [0.5, 0.6) is 11.5 Å². The van der Waals surface area contributed by atoms with Crippen LogP contribution in [0.1, 0.15) is 25.5 Å². The molecule has 0 saturated carbocycles. The molecule has 0 radical (unpaired) electrons. The van der Waals surface area contributed by atoms with Gasteiger partial charge in [0, 0.05) is 11.6 Å². The lowest BCUT2D eigenvalue weighted by Crippen LogP contribution is -2.31. The van der Waals surface area contributed by atoms with Crippen LogP contribution >= 0.6 is 0 Å². The molecule has 0 spiro atoms. The number of hydrogen-bond acceptors (Lipinski definition) is 4. The van der Waals surface area contributed by atoms with Crippen LogP contribution in [-0.4, -0.2) is 14.2 Å². The fraction of sp³-hybridized carbons (Fsp3) is 0.500. The van der Waals surface area contributed by atoms with Gasteiger partial charge < -0.3 is 9.47 Å². The van der Waals surface area contributed by atoms with Gasteiger partial charge >= 0.3 is 0 Å². The third-order valence-corrected chi connectivity index (χ3v) is 2.62. The Labute approximate surface area is 96.7 Å². The maximum atomic E-state index is 5.56. The standard InChI is InChI=1S/C12H20N2O2/c1-8(2)12(14-13)10-6-5-9(15-3)7-11(10)16-4/h5-8,12,14H,13H2,1-4H3. The molecule has 1 atom stereocenters. The summed E-state index contributed by atoms with van der Waals surface area (Å²) in [6.45, 7) is 4.21. The van der Waals surface area contributed by atoms with Crippen molar-refractivity contribution in [2.75, 3.05) is 14.2 Å². The van der Waals surface area contributed by atoms with Gasteiger partial charge in [0.1, 0.15) is 11.5 Å². The van der Waals surface area contributed by atoms with E-state index in [0.29, 0.717) is 5.92 Å². The minimum absolute atomic E-state index is 0.0702. The van der Waals surface area contributed by atoms with Gasteiger partial charge in [-0.2, -0.15) is 0 Å². The Bertz CT molecular complexity index is 340. The summed E-state index contributed by atoms with van der Waals surface area (Å²) in [6, 6.07) is 5.82. The van der Waals surface area contributed by atoms with Gasteiger partial charge in [-0.15, -0.1) is 0 Å². The van der Waals surface area contributed by atoms with E-state index in [1.54, 1.807) is 14.2 Å². The Hall–Kier alpha value is -1.26. The zero-order valence-electron chi connectivity index (χ0n) is 10.3. The SMILES string of the molecule is COc1ccc(C(NN)C(C)C)c(OC)c1. The molecular formula is C12H20N2O2. The van der Waals surface area contributed by atoms with Crippen LogP contribution in [0, 0.1) is 5.92 Å². The van der Waals surface area contributed by atoms with Gasteiger partial charge in [0.25, 0.3) is 0 Å². The summed E-state index contributed by atoms with van der Waals surface area (Å²) >= 11 is 0. The number of ether oxygens (including phenoxy) is 2. The highest BCUT2D eigenvalue weighted by atomic mass is 16.5. The Morgan fingerprint density at radius 1 is 1.19 bits per heavy atom. The van der Waals surface area contributed by atoms with Crippen molar-refractivity contribution >= 4 is 0 Å². The zero-order valence-corrected chi connectivity index (χ0v) is 10.3. The highest BCUT2D eigenvalue weighted by Gasteiger charge is 2.18. The lowest BCUT2D eigenvalue weighted by atomic mass is 9.96. The lowest BCUT2D eigenvalue weighted by molar-refractivity contribution is 0.366. The summed E-state index contributed by atoms with van der Waals surface area (Å²) in [7, 11) is 3.28. The first-order valence-electron chi connectivity index (χ1n) is 5.32. The third-order valence-electron chi connectivity index (χ3n) is 2.62. The van der Waals surface area contributed by atoms with Crippen molar-refractivity contribution in [3.63, 3.8) is 0 Å². The van der Waals surface area contributed by atoms with Crippen LogP contribution < -0.4 is 20.7 Å². The zero-order chi connectivity index (χ0) is 12.1. The van der Waals surface area contributed by atoms with Gasteiger partial charge in [-0.25, -0.2) is 0 Å². The van der Waals surface area contributed by atoms with Crippen molar-refractivity contribution in [3.8, 4) is 11.5 Å². The molecule has 4 heteroatoms. The van der Waals surface area contributed by atoms with Crippen LogP contribution in [0.15, 0.2) is 18.2 Å². The molecule has 1 aromatic rings. The summed E-state index contributed by atoms with van der Waals surface area (Å²) in [5.74, 6) is 7.51. The van der Waals surface area contributed by atoms with E-state index < -0.39 is 0 Å². The minimum Gasteiger partial charge on any atom is -0.497 e.